The fourth-order valence-corrected chi connectivity index (χ4v) is 1.70. The zero-order valence-corrected chi connectivity index (χ0v) is 12.9. The minimum absolute atomic E-state index is 0.0408. The Balaban J connectivity index is 2.26. The third-order valence-corrected chi connectivity index (χ3v) is 2.51. The van der Waals surface area contributed by atoms with E-state index in [0.717, 1.165) is 0 Å². The molecule has 1 heterocycles. The van der Waals surface area contributed by atoms with Gasteiger partial charge in [0.25, 0.3) is 0 Å². The quantitative estimate of drug-likeness (QED) is 0.880. The molecule has 112 valence electrons. The number of hydrogen-bond donors (Lipinski definition) is 1. The van der Waals surface area contributed by atoms with E-state index in [4.69, 9.17) is 21.1 Å². The minimum atomic E-state index is -0.0408. The lowest BCUT2D eigenvalue weighted by molar-refractivity contribution is 0.218. The molecule has 0 saturated heterocycles. The highest BCUT2D eigenvalue weighted by atomic mass is 35.5. The molecule has 0 aliphatic carbocycles. The number of nitrogens with zero attached hydrogens (tertiary/aromatic N) is 3. The number of rotatable bonds is 6. The van der Waals surface area contributed by atoms with Crippen LogP contribution in [0.3, 0.4) is 0 Å². The van der Waals surface area contributed by atoms with Gasteiger partial charge in [0.05, 0.1) is 6.10 Å². The number of ether oxygens (including phenoxy) is 2. The van der Waals surface area contributed by atoms with Crippen LogP contribution in [0.1, 0.15) is 20.8 Å². The number of benzene rings is 1. The Kier molecular flexibility index (Phi) is 5.16. The molecule has 0 amide bonds. The van der Waals surface area contributed by atoms with Crippen LogP contribution in [0.5, 0.6) is 17.8 Å². The van der Waals surface area contributed by atoms with Crippen LogP contribution in [0.2, 0.25) is 5.02 Å². The molecule has 1 aromatic heterocycles. The van der Waals surface area contributed by atoms with E-state index in [9.17, 15) is 0 Å². The van der Waals surface area contributed by atoms with Crippen LogP contribution in [-0.2, 0) is 0 Å². The lowest BCUT2D eigenvalue weighted by Crippen LogP contribution is -2.12. The van der Waals surface area contributed by atoms with E-state index in [2.05, 4.69) is 20.3 Å². The first-order chi connectivity index (χ1) is 10.1. The normalized spacial score (nSPS) is 10.5. The summed E-state index contributed by atoms with van der Waals surface area (Å²) in [6, 6.07) is 7.37. The van der Waals surface area contributed by atoms with Gasteiger partial charge in [-0.15, -0.1) is 4.98 Å². The van der Waals surface area contributed by atoms with E-state index in [1.165, 1.54) is 0 Å². The van der Waals surface area contributed by atoms with Crippen molar-refractivity contribution in [3.8, 4) is 17.8 Å². The SMILES string of the molecule is CCNc1nc(Oc2cccc(Cl)c2)nc(OC(C)C)n1. The Morgan fingerprint density at radius 2 is 1.95 bits per heavy atom. The third kappa shape index (κ3) is 4.75. The summed E-state index contributed by atoms with van der Waals surface area (Å²) >= 11 is 5.92. The second-order valence-corrected chi connectivity index (χ2v) is 4.92. The molecule has 0 aliphatic heterocycles. The molecule has 2 aromatic rings. The Morgan fingerprint density at radius 1 is 1.19 bits per heavy atom. The van der Waals surface area contributed by atoms with Crippen molar-refractivity contribution in [1.29, 1.82) is 0 Å². The van der Waals surface area contributed by atoms with Crippen molar-refractivity contribution in [3.05, 3.63) is 29.3 Å². The van der Waals surface area contributed by atoms with Gasteiger partial charge in [0.2, 0.25) is 5.95 Å². The predicted molar refractivity (Wildman–Crippen MR) is 81.3 cm³/mol. The second kappa shape index (κ2) is 7.08. The fourth-order valence-electron chi connectivity index (χ4n) is 1.52. The van der Waals surface area contributed by atoms with Crippen molar-refractivity contribution in [1.82, 2.24) is 15.0 Å². The lowest BCUT2D eigenvalue weighted by Gasteiger charge is -2.11. The van der Waals surface area contributed by atoms with Crippen LogP contribution in [0.25, 0.3) is 0 Å². The number of aromatic nitrogens is 3. The van der Waals surface area contributed by atoms with E-state index >= 15 is 0 Å². The van der Waals surface area contributed by atoms with E-state index in [0.29, 0.717) is 23.3 Å². The summed E-state index contributed by atoms with van der Waals surface area (Å²) in [6.07, 6.45) is -0.0408. The molecule has 0 saturated carbocycles. The largest absolute Gasteiger partial charge is 0.461 e. The van der Waals surface area contributed by atoms with Crippen molar-refractivity contribution in [2.24, 2.45) is 0 Å². The van der Waals surface area contributed by atoms with Crippen molar-refractivity contribution in [2.45, 2.75) is 26.9 Å². The predicted octanol–water partition coefficient (Wildman–Crippen LogP) is 3.54. The summed E-state index contributed by atoms with van der Waals surface area (Å²) in [7, 11) is 0. The highest BCUT2D eigenvalue weighted by Gasteiger charge is 2.10. The summed E-state index contributed by atoms with van der Waals surface area (Å²) in [4.78, 5) is 12.5. The van der Waals surface area contributed by atoms with Gasteiger partial charge in [-0.1, -0.05) is 17.7 Å². The maximum atomic E-state index is 5.92. The topological polar surface area (TPSA) is 69.2 Å². The van der Waals surface area contributed by atoms with Crippen LogP contribution in [0.15, 0.2) is 24.3 Å². The lowest BCUT2D eigenvalue weighted by atomic mass is 10.3. The molecule has 1 N–H and O–H groups in total. The fraction of sp³-hybridized carbons (Fsp3) is 0.357. The number of hydrogen-bond acceptors (Lipinski definition) is 6. The van der Waals surface area contributed by atoms with Crippen LogP contribution in [0, 0.1) is 0 Å². The molecule has 0 fully saturated rings. The van der Waals surface area contributed by atoms with Gasteiger partial charge < -0.3 is 14.8 Å². The van der Waals surface area contributed by atoms with Gasteiger partial charge in [-0.3, -0.25) is 0 Å². The molecule has 0 bridgehead atoms. The van der Waals surface area contributed by atoms with Gasteiger partial charge in [-0.2, -0.15) is 9.97 Å². The molecular formula is C14H17ClN4O2. The molecule has 0 unspecified atom stereocenters. The molecule has 21 heavy (non-hydrogen) atoms. The Hall–Kier alpha value is -2.08. The summed E-state index contributed by atoms with van der Waals surface area (Å²) in [5, 5.41) is 3.59. The molecule has 0 aliphatic rings. The maximum absolute atomic E-state index is 5.92. The molecule has 0 radical (unpaired) electrons. The van der Waals surface area contributed by atoms with Crippen molar-refractivity contribution < 1.29 is 9.47 Å². The van der Waals surface area contributed by atoms with E-state index in [1.54, 1.807) is 24.3 Å². The second-order valence-electron chi connectivity index (χ2n) is 4.48. The zero-order chi connectivity index (χ0) is 15.2. The highest BCUT2D eigenvalue weighted by Crippen LogP contribution is 2.23. The molecule has 1 aromatic carbocycles. The first-order valence-electron chi connectivity index (χ1n) is 6.67. The standard InChI is InChI=1S/C14H17ClN4O2/c1-4-16-12-17-13(20-9(2)3)19-14(18-12)21-11-7-5-6-10(15)8-11/h5-9H,4H2,1-3H3,(H,16,17,18,19). The van der Waals surface area contributed by atoms with Gasteiger partial charge in [0.15, 0.2) is 0 Å². The van der Waals surface area contributed by atoms with Crippen molar-refractivity contribution in [3.63, 3.8) is 0 Å². The maximum Gasteiger partial charge on any atom is 0.330 e. The summed E-state index contributed by atoms with van der Waals surface area (Å²) < 4.78 is 11.1. The smallest absolute Gasteiger partial charge is 0.330 e. The first-order valence-corrected chi connectivity index (χ1v) is 7.04. The average molecular weight is 309 g/mol. The number of anilines is 1. The van der Waals surface area contributed by atoms with Crippen LogP contribution >= 0.6 is 11.6 Å². The molecular weight excluding hydrogens is 292 g/mol. The van der Waals surface area contributed by atoms with E-state index in [-0.39, 0.29) is 18.1 Å². The summed E-state index contributed by atoms with van der Waals surface area (Å²) in [5.41, 5.74) is 0. The zero-order valence-electron chi connectivity index (χ0n) is 12.1. The Morgan fingerprint density at radius 3 is 2.62 bits per heavy atom. The molecule has 0 atom stereocenters. The molecule has 7 heteroatoms. The molecule has 6 nitrogen and oxygen atoms in total. The monoisotopic (exact) mass is 308 g/mol. The number of nitrogens with one attached hydrogen (secondary N) is 1. The minimum Gasteiger partial charge on any atom is -0.461 e. The highest BCUT2D eigenvalue weighted by molar-refractivity contribution is 6.30. The first kappa shape index (κ1) is 15.3. The summed E-state index contributed by atoms with van der Waals surface area (Å²) in [6.45, 7) is 6.43. The van der Waals surface area contributed by atoms with Crippen LogP contribution in [-0.4, -0.2) is 27.6 Å². The van der Waals surface area contributed by atoms with Gasteiger partial charge in [-0.25, -0.2) is 0 Å². The number of halogens is 1. The van der Waals surface area contributed by atoms with Crippen molar-refractivity contribution in [2.75, 3.05) is 11.9 Å². The van der Waals surface area contributed by atoms with E-state index in [1.807, 2.05) is 20.8 Å². The van der Waals surface area contributed by atoms with Gasteiger partial charge in [0.1, 0.15) is 5.75 Å². The van der Waals surface area contributed by atoms with Crippen molar-refractivity contribution >= 4 is 17.5 Å². The summed E-state index contributed by atoms with van der Waals surface area (Å²) in [5.74, 6) is 0.951. The molecule has 2 rings (SSSR count). The molecule has 0 spiro atoms. The third-order valence-electron chi connectivity index (χ3n) is 2.28. The van der Waals surface area contributed by atoms with Gasteiger partial charge >= 0.3 is 12.0 Å². The van der Waals surface area contributed by atoms with Gasteiger partial charge in [0, 0.05) is 11.6 Å². The van der Waals surface area contributed by atoms with E-state index < -0.39 is 0 Å². The Labute approximate surface area is 128 Å². The van der Waals surface area contributed by atoms with Crippen LogP contribution < -0.4 is 14.8 Å². The van der Waals surface area contributed by atoms with Crippen LogP contribution in [0.4, 0.5) is 5.95 Å². The average Bonchev–Trinajstić information content (AvgIpc) is 2.37. The van der Waals surface area contributed by atoms with Gasteiger partial charge in [-0.05, 0) is 39.0 Å². The Bertz CT molecular complexity index is 607.